The Labute approximate surface area is 83.7 Å². The molecule has 0 unspecified atom stereocenters. The Hall–Kier alpha value is -1.95. The van der Waals surface area contributed by atoms with Crippen molar-refractivity contribution in [1.82, 2.24) is 0 Å². The van der Waals surface area contributed by atoms with E-state index in [-0.39, 0.29) is 0 Å². The lowest BCUT2D eigenvalue weighted by Gasteiger charge is -2.17. The van der Waals surface area contributed by atoms with E-state index >= 15 is 0 Å². The molecule has 1 heterocycles. The molecule has 0 radical (unpaired) electrons. The molecular weight excluding hydrogens is 174 g/mol. The van der Waals surface area contributed by atoms with E-state index in [2.05, 4.69) is 17.0 Å². The van der Waals surface area contributed by atoms with Crippen LogP contribution in [0.25, 0.3) is 4.85 Å². The molecule has 0 saturated carbocycles. The fourth-order valence-corrected chi connectivity index (χ4v) is 1.73. The van der Waals surface area contributed by atoms with Gasteiger partial charge in [0.1, 0.15) is 5.82 Å². The van der Waals surface area contributed by atoms with Gasteiger partial charge in [-0.1, -0.05) is 12.1 Å². The number of para-hydroxylation sites is 2. The van der Waals surface area contributed by atoms with Crippen molar-refractivity contribution < 1.29 is 0 Å². The molecule has 1 aliphatic rings. The van der Waals surface area contributed by atoms with Crippen LogP contribution in [-0.2, 0) is 0 Å². The standard InChI is InChI=1S/C11H11N3/c1-12-8-11-13(2)9-6-4-5-7-10(9)14(11)3/h4-8H,2-3H3. The second-order valence-electron chi connectivity index (χ2n) is 3.22. The fraction of sp³-hybridized carbons (Fsp3) is 0.182. The van der Waals surface area contributed by atoms with Crippen LogP contribution in [0.1, 0.15) is 0 Å². The van der Waals surface area contributed by atoms with Crippen LogP contribution in [0.2, 0.25) is 0 Å². The van der Waals surface area contributed by atoms with Crippen LogP contribution in [0, 0.1) is 6.57 Å². The van der Waals surface area contributed by atoms with Crippen molar-refractivity contribution >= 4 is 11.4 Å². The van der Waals surface area contributed by atoms with Crippen LogP contribution < -0.4 is 9.80 Å². The highest BCUT2D eigenvalue weighted by Crippen LogP contribution is 2.38. The van der Waals surface area contributed by atoms with Gasteiger partial charge in [0.05, 0.1) is 17.9 Å². The van der Waals surface area contributed by atoms with Crippen molar-refractivity contribution in [3.63, 3.8) is 0 Å². The molecule has 0 N–H and O–H groups in total. The molecule has 3 nitrogen and oxygen atoms in total. The lowest BCUT2D eigenvalue weighted by Crippen LogP contribution is -2.21. The minimum atomic E-state index is 0.918. The zero-order chi connectivity index (χ0) is 10.1. The third-order valence-corrected chi connectivity index (χ3v) is 2.47. The number of rotatable bonds is 0. The largest absolute Gasteiger partial charge is 0.339 e. The molecule has 0 bridgehead atoms. The third kappa shape index (κ3) is 1.05. The average molecular weight is 185 g/mol. The molecule has 1 aliphatic heterocycles. The monoisotopic (exact) mass is 185 g/mol. The number of fused-ring (bicyclic) bond motifs is 1. The summed E-state index contributed by atoms with van der Waals surface area (Å²) in [5.74, 6) is 0.918. The molecule has 0 spiro atoms. The summed E-state index contributed by atoms with van der Waals surface area (Å²) in [6, 6.07) is 8.11. The van der Waals surface area contributed by atoms with Gasteiger partial charge in [0.2, 0.25) is 0 Å². The summed E-state index contributed by atoms with van der Waals surface area (Å²) in [6.07, 6.45) is 1.54. The quantitative estimate of drug-likeness (QED) is 0.574. The van der Waals surface area contributed by atoms with Gasteiger partial charge in [0.25, 0.3) is 0 Å². The van der Waals surface area contributed by atoms with Gasteiger partial charge in [-0.25, -0.2) is 4.85 Å². The molecule has 0 fully saturated rings. The Morgan fingerprint density at radius 2 is 1.64 bits per heavy atom. The van der Waals surface area contributed by atoms with Crippen molar-refractivity contribution in [2.45, 2.75) is 0 Å². The van der Waals surface area contributed by atoms with E-state index < -0.39 is 0 Å². The lowest BCUT2D eigenvalue weighted by atomic mass is 10.3. The van der Waals surface area contributed by atoms with Crippen molar-refractivity contribution in [3.8, 4) is 0 Å². The van der Waals surface area contributed by atoms with Gasteiger partial charge in [-0.3, -0.25) is 0 Å². The van der Waals surface area contributed by atoms with E-state index in [1.807, 2.05) is 36.0 Å². The minimum Gasteiger partial charge on any atom is -0.339 e. The fourth-order valence-electron chi connectivity index (χ4n) is 1.73. The van der Waals surface area contributed by atoms with Crippen LogP contribution in [0.5, 0.6) is 0 Å². The van der Waals surface area contributed by atoms with Gasteiger partial charge < -0.3 is 9.80 Å². The average Bonchev–Trinajstić information content (AvgIpc) is 2.45. The SMILES string of the molecule is [C-]#[N+]C=C1N(C)c2ccccc2N1C. The summed E-state index contributed by atoms with van der Waals surface area (Å²) in [7, 11) is 3.94. The maximum atomic E-state index is 6.85. The van der Waals surface area contributed by atoms with Crippen LogP contribution >= 0.6 is 0 Å². The molecule has 1 aromatic rings. The highest BCUT2D eigenvalue weighted by atomic mass is 15.4. The van der Waals surface area contributed by atoms with Gasteiger partial charge in [-0.2, -0.15) is 0 Å². The van der Waals surface area contributed by atoms with Crippen LogP contribution in [0.4, 0.5) is 11.4 Å². The Morgan fingerprint density at radius 3 is 2.07 bits per heavy atom. The first-order chi connectivity index (χ1) is 6.75. The molecule has 0 atom stereocenters. The summed E-state index contributed by atoms with van der Waals surface area (Å²) < 4.78 is 0. The Kier molecular flexibility index (Phi) is 1.90. The van der Waals surface area contributed by atoms with E-state index in [1.54, 1.807) is 6.20 Å². The number of nitrogens with zero attached hydrogens (tertiary/aromatic N) is 3. The first-order valence-electron chi connectivity index (χ1n) is 4.39. The van der Waals surface area contributed by atoms with Gasteiger partial charge in [-0.05, 0) is 12.1 Å². The maximum Gasteiger partial charge on any atom is 0.193 e. The molecular formula is C11H11N3. The molecule has 3 heteroatoms. The summed E-state index contributed by atoms with van der Waals surface area (Å²) >= 11 is 0. The van der Waals surface area contributed by atoms with E-state index in [1.165, 1.54) is 0 Å². The normalized spacial score (nSPS) is 13.9. The van der Waals surface area contributed by atoms with E-state index in [9.17, 15) is 0 Å². The van der Waals surface area contributed by atoms with Crippen LogP contribution in [-0.4, -0.2) is 14.1 Å². The predicted octanol–water partition coefficient (Wildman–Crippen LogP) is 2.29. The number of hydrogen-bond acceptors (Lipinski definition) is 2. The first-order valence-corrected chi connectivity index (χ1v) is 4.39. The maximum absolute atomic E-state index is 6.85. The Balaban J connectivity index is 2.55. The Morgan fingerprint density at radius 1 is 1.14 bits per heavy atom. The van der Waals surface area contributed by atoms with E-state index in [0.29, 0.717) is 0 Å². The number of benzene rings is 1. The van der Waals surface area contributed by atoms with E-state index in [4.69, 9.17) is 6.57 Å². The molecule has 0 aliphatic carbocycles. The topological polar surface area (TPSA) is 10.8 Å². The summed E-state index contributed by atoms with van der Waals surface area (Å²) in [5.41, 5.74) is 2.29. The van der Waals surface area contributed by atoms with E-state index in [0.717, 1.165) is 17.2 Å². The third-order valence-electron chi connectivity index (χ3n) is 2.47. The van der Waals surface area contributed by atoms with Gasteiger partial charge >= 0.3 is 0 Å². The van der Waals surface area contributed by atoms with Gasteiger partial charge in [-0.15, -0.1) is 0 Å². The summed E-state index contributed by atoms with van der Waals surface area (Å²) in [4.78, 5) is 7.35. The molecule has 1 aromatic carbocycles. The smallest absolute Gasteiger partial charge is 0.193 e. The highest BCUT2D eigenvalue weighted by Gasteiger charge is 2.24. The van der Waals surface area contributed by atoms with Gasteiger partial charge in [0.15, 0.2) is 6.20 Å². The first kappa shape index (κ1) is 8.64. The zero-order valence-corrected chi connectivity index (χ0v) is 8.23. The lowest BCUT2D eigenvalue weighted by molar-refractivity contribution is 1.05. The van der Waals surface area contributed by atoms with Crippen molar-refractivity contribution in [3.05, 3.63) is 47.7 Å². The zero-order valence-electron chi connectivity index (χ0n) is 8.23. The molecule has 0 saturated heterocycles. The van der Waals surface area contributed by atoms with Crippen LogP contribution in [0.3, 0.4) is 0 Å². The summed E-state index contributed by atoms with van der Waals surface area (Å²) in [6.45, 7) is 6.85. The minimum absolute atomic E-state index is 0.918. The molecule has 14 heavy (non-hydrogen) atoms. The highest BCUT2D eigenvalue weighted by molar-refractivity contribution is 5.81. The van der Waals surface area contributed by atoms with Crippen molar-refractivity contribution in [2.75, 3.05) is 23.9 Å². The second-order valence-corrected chi connectivity index (χ2v) is 3.22. The molecule has 70 valence electrons. The second kappa shape index (κ2) is 3.08. The number of hydrogen-bond donors (Lipinski definition) is 0. The molecule has 0 amide bonds. The molecule has 0 aromatic heterocycles. The van der Waals surface area contributed by atoms with Crippen molar-refractivity contribution in [2.24, 2.45) is 0 Å². The predicted molar refractivity (Wildman–Crippen MR) is 57.9 cm³/mol. The molecule has 2 rings (SSSR count). The van der Waals surface area contributed by atoms with Crippen molar-refractivity contribution in [1.29, 1.82) is 0 Å². The van der Waals surface area contributed by atoms with Gasteiger partial charge in [0, 0.05) is 14.1 Å². The number of anilines is 2. The summed E-state index contributed by atoms with van der Waals surface area (Å²) in [5, 5.41) is 0. The Bertz CT molecular complexity index is 397. The van der Waals surface area contributed by atoms with Crippen LogP contribution in [0.15, 0.2) is 36.3 Å².